The summed E-state index contributed by atoms with van der Waals surface area (Å²) in [6.45, 7) is 6.73. The quantitative estimate of drug-likeness (QED) is 0.697. The molecule has 0 fully saturated rings. The van der Waals surface area contributed by atoms with Crippen LogP contribution in [0, 0.1) is 0 Å². The normalized spacial score (nSPS) is 11.8. The van der Waals surface area contributed by atoms with E-state index >= 15 is 0 Å². The SMILES string of the molecule is CC(C)(C)c1cc(Cc2ccoc2)cc(Cc2cnoc2)c1. The van der Waals surface area contributed by atoms with Gasteiger partial charge in [-0.15, -0.1) is 0 Å². The summed E-state index contributed by atoms with van der Waals surface area (Å²) >= 11 is 0. The van der Waals surface area contributed by atoms with E-state index in [0.29, 0.717) is 0 Å². The second-order valence-corrected chi connectivity index (χ2v) is 6.81. The molecule has 3 nitrogen and oxygen atoms in total. The Labute approximate surface area is 130 Å². The lowest BCUT2D eigenvalue weighted by Gasteiger charge is -2.21. The summed E-state index contributed by atoms with van der Waals surface area (Å²) in [5.41, 5.74) is 6.35. The first kappa shape index (κ1) is 14.6. The van der Waals surface area contributed by atoms with Crippen molar-refractivity contribution in [3.63, 3.8) is 0 Å². The van der Waals surface area contributed by atoms with E-state index in [1.54, 1.807) is 18.7 Å². The first-order chi connectivity index (χ1) is 10.5. The van der Waals surface area contributed by atoms with E-state index in [-0.39, 0.29) is 5.41 Å². The summed E-state index contributed by atoms with van der Waals surface area (Å²) in [7, 11) is 0. The summed E-state index contributed by atoms with van der Waals surface area (Å²) in [6, 6.07) is 8.86. The van der Waals surface area contributed by atoms with Crippen molar-refractivity contribution in [1.82, 2.24) is 5.16 Å². The van der Waals surface area contributed by atoms with Crippen LogP contribution in [0.15, 0.2) is 58.2 Å². The highest BCUT2D eigenvalue weighted by molar-refractivity contribution is 5.38. The molecule has 0 bridgehead atoms. The molecule has 2 heterocycles. The van der Waals surface area contributed by atoms with E-state index in [9.17, 15) is 0 Å². The molecule has 0 radical (unpaired) electrons. The molecule has 0 atom stereocenters. The molecular weight excluding hydrogens is 274 g/mol. The molecule has 0 amide bonds. The van der Waals surface area contributed by atoms with Crippen LogP contribution in [0.2, 0.25) is 0 Å². The average molecular weight is 295 g/mol. The number of hydrogen-bond donors (Lipinski definition) is 0. The number of nitrogens with zero attached hydrogens (tertiary/aromatic N) is 1. The number of hydrogen-bond acceptors (Lipinski definition) is 3. The van der Waals surface area contributed by atoms with Crippen LogP contribution >= 0.6 is 0 Å². The van der Waals surface area contributed by atoms with Crippen molar-refractivity contribution >= 4 is 0 Å². The van der Waals surface area contributed by atoms with Gasteiger partial charge in [0.25, 0.3) is 0 Å². The third kappa shape index (κ3) is 3.48. The van der Waals surface area contributed by atoms with E-state index in [1.807, 2.05) is 12.3 Å². The highest BCUT2D eigenvalue weighted by Gasteiger charge is 2.16. The smallest absolute Gasteiger partial charge is 0.127 e. The summed E-state index contributed by atoms with van der Waals surface area (Å²) in [5, 5.41) is 3.79. The lowest BCUT2D eigenvalue weighted by Crippen LogP contribution is -2.12. The van der Waals surface area contributed by atoms with Gasteiger partial charge in [0.15, 0.2) is 0 Å². The van der Waals surface area contributed by atoms with Crippen molar-refractivity contribution in [2.24, 2.45) is 0 Å². The maximum absolute atomic E-state index is 5.18. The molecular formula is C19H21NO2. The molecule has 2 aromatic heterocycles. The number of furan rings is 1. The van der Waals surface area contributed by atoms with Gasteiger partial charge in [0.1, 0.15) is 6.26 Å². The number of aromatic nitrogens is 1. The van der Waals surface area contributed by atoms with Crippen molar-refractivity contribution in [2.45, 2.75) is 39.0 Å². The Balaban J connectivity index is 1.94. The molecule has 0 aliphatic carbocycles. The first-order valence-corrected chi connectivity index (χ1v) is 7.53. The van der Waals surface area contributed by atoms with Crippen molar-refractivity contribution in [3.05, 3.63) is 77.1 Å². The van der Waals surface area contributed by atoms with Crippen LogP contribution in [0.5, 0.6) is 0 Å². The zero-order valence-electron chi connectivity index (χ0n) is 13.3. The van der Waals surface area contributed by atoms with Gasteiger partial charge in [0.05, 0.1) is 18.7 Å². The Kier molecular flexibility index (Phi) is 3.88. The molecule has 0 spiro atoms. The van der Waals surface area contributed by atoms with Gasteiger partial charge in [-0.2, -0.15) is 0 Å². The van der Waals surface area contributed by atoms with E-state index in [0.717, 1.165) is 18.4 Å². The fourth-order valence-corrected chi connectivity index (χ4v) is 2.58. The maximum Gasteiger partial charge on any atom is 0.127 e. The van der Waals surface area contributed by atoms with Gasteiger partial charge in [0, 0.05) is 18.4 Å². The van der Waals surface area contributed by atoms with Crippen molar-refractivity contribution in [2.75, 3.05) is 0 Å². The van der Waals surface area contributed by atoms with Crippen LogP contribution in [-0.4, -0.2) is 5.16 Å². The number of benzene rings is 1. The second-order valence-electron chi connectivity index (χ2n) is 6.81. The summed E-state index contributed by atoms with van der Waals surface area (Å²) < 4.78 is 10.1. The molecule has 0 saturated heterocycles. The molecule has 1 aromatic carbocycles. The number of rotatable bonds is 4. The third-order valence-electron chi connectivity index (χ3n) is 3.80. The topological polar surface area (TPSA) is 39.2 Å². The Hall–Kier alpha value is -2.29. The maximum atomic E-state index is 5.18. The zero-order valence-corrected chi connectivity index (χ0v) is 13.3. The molecule has 3 rings (SSSR count). The molecule has 0 saturated carbocycles. The first-order valence-electron chi connectivity index (χ1n) is 7.53. The van der Waals surface area contributed by atoms with Gasteiger partial charge in [-0.05, 0) is 33.7 Å². The van der Waals surface area contributed by atoms with E-state index in [1.165, 1.54) is 22.3 Å². The van der Waals surface area contributed by atoms with Crippen LogP contribution < -0.4 is 0 Å². The van der Waals surface area contributed by atoms with E-state index in [2.05, 4.69) is 44.1 Å². The van der Waals surface area contributed by atoms with E-state index < -0.39 is 0 Å². The fourth-order valence-electron chi connectivity index (χ4n) is 2.58. The molecule has 22 heavy (non-hydrogen) atoms. The van der Waals surface area contributed by atoms with Gasteiger partial charge in [-0.3, -0.25) is 0 Å². The van der Waals surface area contributed by atoms with Crippen LogP contribution in [-0.2, 0) is 18.3 Å². The van der Waals surface area contributed by atoms with Gasteiger partial charge in [-0.25, -0.2) is 0 Å². The minimum Gasteiger partial charge on any atom is -0.472 e. The molecule has 0 unspecified atom stereocenters. The van der Waals surface area contributed by atoms with Gasteiger partial charge >= 0.3 is 0 Å². The average Bonchev–Trinajstić information content (AvgIpc) is 3.11. The third-order valence-corrected chi connectivity index (χ3v) is 3.80. The Morgan fingerprint density at radius 2 is 1.64 bits per heavy atom. The van der Waals surface area contributed by atoms with Crippen molar-refractivity contribution in [1.29, 1.82) is 0 Å². The summed E-state index contributed by atoms with van der Waals surface area (Å²) in [5.74, 6) is 0. The van der Waals surface area contributed by atoms with Crippen LogP contribution in [0.25, 0.3) is 0 Å². The summed E-state index contributed by atoms with van der Waals surface area (Å²) in [4.78, 5) is 0. The molecule has 114 valence electrons. The van der Waals surface area contributed by atoms with Gasteiger partial charge in [-0.1, -0.05) is 44.1 Å². The Bertz CT molecular complexity index is 665. The van der Waals surface area contributed by atoms with Crippen molar-refractivity contribution < 1.29 is 8.94 Å². The largest absolute Gasteiger partial charge is 0.472 e. The molecule has 3 heteroatoms. The monoisotopic (exact) mass is 295 g/mol. The molecule has 0 aliphatic rings. The van der Waals surface area contributed by atoms with Crippen LogP contribution in [0.4, 0.5) is 0 Å². The second kappa shape index (κ2) is 5.84. The van der Waals surface area contributed by atoms with Gasteiger partial charge in [0.2, 0.25) is 0 Å². The Morgan fingerprint density at radius 3 is 2.18 bits per heavy atom. The molecule has 0 aliphatic heterocycles. The fraction of sp³-hybridized carbons (Fsp3) is 0.316. The standard InChI is InChI=1S/C19H21NO2/c1-19(2,3)18-9-15(6-14-4-5-21-12-14)7-16(10-18)8-17-11-20-22-13-17/h4-5,7,9-13H,6,8H2,1-3H3. The lowest BCUT2D eigenvalue weighted by atomic mass is 9.84. The van der Waals surface area contributed by atoms with Crippen LogP contribution in [0.3, 0.4) is 0 Å². The highest BCUT2D eigenvalue weighted by atomic mass is 16.5. The highest BCUT2D eigenvalue weighted by Crippen LogP contribution is 2.26. The zero-order chi connectivity index (χ0) is 15.6. The minimum atomic E-state index is 0.121. The predicted molar refractivity (Wildman–Crippen MR) is 86.0 cm³/mol. The van der Waals surface area contributed by atoms with Crippen LogP contribution in [0.1, 0.15) is 48.6 Å². The molecule has 3 aromatic rings. The minimum absolute atomic E-state index is 0.121. The lowest BCUT2D eigenvalue weighted by molar-refractivity contribution is 0.419. The Morgan fingerprint density at radius 1 is 0.909 bits per heavy atom. The molecule has 0 N–H and O–H groups in total. The van der Waals surface area contributed by atoms with E-state index in [4.69, 9.17) is 8.94 Å². The van der Waals surface area contributed by atoms with Gasteiger partial charge < -0.3 is 8.94 Å². The summed E-state index contributed by atoms with van der Waals surface area (Å²) in [6.07, 6.45) is 8.74. The predicted octanol–water partition coefficient (Wildman–Crippen LogP) is 4.75. The van der Waals surface area contributed by atoms with Crippen molar-refractivity contribution in [3.8, 4) is 0 Å².